The topological polar surface area (TPSA) is 49.3 Å². The highest BCUT2D eigenvalue weighted by atomic mass is 16.5. The minimum absolute atomic E-state index is 0.171. The second-order valence-electron chi connectivity index (χ2n) is 9.31. The predicted molar refractivity (Wildman–Crippen MR) is 125 cm³/mol. The molecular formula is C25H40N4O2. The van der Waals surface area contributed by atoms with Gasteiger partial charge in [-0.1, -0.05) is 29.8 Å². The summed E-state index contributed by atoms with van der Waals surface area (Å²) in [5.41, 5.74) is 2.75. The number of likely N-dealkylation sites (tertiary alicyclic amines) is 1. The number of nitrogens with zero attached hydrogens (tertiary/aromatic N) is 3. The quantitative estimate of drug-likeness (QED) is 0.558. The lowest BCUT2D eigenvalue weighted by atomic mass is 9.96. The lowest BCUT2D eigenvalue weighted by molar-refractivity contribution is -0.0817. The zero-order valence-electron chi connectivity index (χ0n) is 19.4. The fourth-order valence-corrected chi connectivity index (χ4v) is 4.91. The Hall–Kier alpha value is -1.63. The molecule has 0 aromatic heterocycles. The maximum absolute atomic E-state index is 6.03. The van der Waals surface area contributed by atoms with E-state index in [1.54, 1.807) is 0 Å². The molecule has 1 aromatic carbocycles. The Labute approximate surface area is 188 Å². The van der Waals surface area contributed by atoms with E-state index in [1.165, 1.54) is 37.1 Å². The summed E-state index contributed by atoms with van der Waals surface area (Å²) < 4.78 is 11.9. The average molecular weight is 429 g/mol. The first-order valence-corrected chi connectivity index (χ1v) is 12.3. The van der Waals surface area contributed by atoms with E-state index in [-0.39, 0.29) is 12.2 Å². The summed E-state index contributed by atoms with van der Waals surface area (Å²) in [6.45, 7) is 12.9. The molecule has 3 heterocycles. The summed E-state index contributed by atoms with van der Waals surface area (Å²) in [4.78, 5) is 10.0. The lowest BCUT2D eigenvalue weighted by Crippen LogP contribution is -2.53. The van der Waals surface area contributed by atoms with Gasteiger partial charge < -0.3 is 19.7 Å². The van der Waals surface area contributed by atoms with Crippen LogP contribution in [0.1, 0.15) is 43.7 Å². The molecular weight excluding hydrogens is 388 g/mol. The molecule has 2 unspecified atom stereocenters. The maximum Gasteiger partial charge on any atom is 0.194 e. The van der Waals surface area contributed by atoms with Crippen LogP contribution >= 0.6 is 0 Å². The second-order valence-corrected chi connectivity index (χ2v) is 9.31. The Morgan fingerprint density at radius 3 is 2.52 bits per heavy atom. The normalized spacial score (nSPS) is 26.4. The van der Waals surface area contributed by atoms with Gasteiger partial charge >= 0.3 is 0 Å². The molecule has 3 aliphatic rings. The van der Waals surface area contributed by atoms with Crippen molar-refractivity contribution < 1.29 is 9.47 Å². The Morgan fingerprint density at radius 1 is 1.03 bits per heavy atom. The van der Waals surface area contributed by atoms with Gasteiger partial charge in [0, 0.05) is 39.3 Å². The number of piperidine rings is 1. The van der Waals surface area contributed by atoms with Crippen LogP contribution in [0.3, 0.4) is 0 Å². The van der Waals surface area contributed by atoms with Gasteiger partial charge in [-0.15, -0.1) is 0 Å². The van der Waals surface area contributed by atoms with Crippen molar-refractivity contribution in [3.63, 3.8) is 0 Å². The molecule has 0 bridgehead atoms. The highest BCUT2D eigenvalue weighted by Gasteiger charge is 2.32. The molecule has 0 amide bonds. The van der Waals surface area contributed by atoms with E-state index in [0.717, 1.165) is 64.7 Å². The monoisotopic (exact) mass is 428 g/mol. The van der Waals surface area contributed by atoms with Gasteiger partial charge in [0.15, 0.2) is 5.96 Å². The van der Waals surface area contributed by atoms with E-state index in [4.69, 9.17) is 14.5 Å². The highest BCUT2D eigenvalue weighted by molar-refractivity contribution is 5.80. The van der Waals surface area contributed by atoms with Crippen LogP contribution in [0.25, 0.3) is 0 Å². The molecule has 4 rings (SSSR count). The van der Waals surface area contributed by atoms with E-state index in [2.05, 4.69) is 53.2 Å². The number of hydrogen-bond donors (Lipinski definition) is 1. The first-order valence-electron chi connectivity index (χ1n) is 12.3. The van der Waals surface area contributed by atoms with Crippen LogP contribution in [0.15, 0.2) is 29.3 Å². The number of aryl methyl sites for hydroxylation is 1. The van der Waals surface area contributed by atoms with Gasteiger partial charge in [0.2, 0.25) is 0 Å². The SMILES string of the molecule is CCNC(=NCC1CCN(Cc2ccc(C)cc2)CC1)N1CCOC(C2CCCO2)C1. The minimum atomic E-state index is 0.171. The van der Waals surface area contributed by atoms with Gasteiger partial charge in [0.1, 0.15) is 6.10 Å². The Balaban J connectivity index is 1.26. The molecule has 0 radical (unpaired) electrons. The van der Waals surface area contributed by atoms with Crippen molar-refractivity contribution in [1.29, 1.82) is 0 Å². The molecule has 2 atom stereocenters. The summed E-state index contributed by atoms with van der Waals surface area (Å²) in [6, 6.07) is 8.96. The van der Waals surface area contributed by atoms with E-state index in [0.29, 0.717) is 5.92 Å². The average Bonchev–Trinajstić information content (AvgIpc) is 3.34. The molecule has 1 aromatic rings. The molecule has 3 saturated heterocycles. The summed E-state index contributed by atoms with van der Waals surface area (Å²) in [5, 5.41) is 3.52. The number of benzene rings is 1. The highest BCUT2D eigenvalue weighted by Crippen LogP contribution is 2.22. The van der Waals surface area contributed by atoms with Crippen LogP contribution in [0, 0.1) is 12.8 Å². The molecule has 0 spiro atoms. The summed E-state index contributed by atoms with van der Waals surface area (Å²) in [6.07, 6.45) is 5.16. The molecule has 3 fully saturated rings. The molecule has 0 saturated carbocycles. The van der Waals surface area contributed by atoms with Gasteiger partial charge in [-0.3, -0.25) is 9.89 Å². The standard InChI is InChI=1S/C25H40N4O2/c1-3-26-25(29-14-16-31-24(19-29)23-5-4-15-30-23)27-17-21-10-12-28(13-11-21)18-22-8-6-20(2)7-9-22/h6-9,21,23-24H,3-5,10-19H2,1-2H3,(H,26,27). The number of hydrogen-bond acceptors (Lipinski definition) is 4. The van der Waals surface area contributed by atoms with Gasteiger partial charge in [-0.25, -0.2) is 0 Å². The lowest BCUT2D eigenvalue weighted by Gasteiger charge is -2.37. The summed E-state index contributed by atoms with van der Waals surface area (Å²) in [7, 11) is 0. The second kappa shape index (κ2) is 11.3. The van der Waals surface area contributed by atoms with Crippen LogP contribution in [-0.2, 0) is 16.0 Å². The number of guanidine groups is 1. The zero-order valence-corrected chi connectivity index (χ0v) is 19.4. The van der Waals surface area contributed by atoms with Gasteiger partial charge in [-0.05, 0) is 64.1 Å². The first kappa shape index (κ1) is 22.6. The first-order chi connectivity index (χ1) is 15.2. The van der Waals surface area contributed by atoms with Crippen molar-refractivity contribution in [2.24, 2.45) is 10.9 Å². The van der Waals surface area contributed by atoms with Crippen molar-refractivity contribution in [3.8, 4) is 0 Å². The number of aliphatic imine (C=N–C) groups is 1. The third kappa shape index (κ3) is 6.43. The van der Waals surface area contributed by atoms with Crippen molar-refractivity contribution in [3.05, 3.63) is 35.4 Å². The zero-order chi connectivity index (χ0) is 21.5. The largest absolute Gasteiger partial charge is 0.375 e. The van der Waals surface area contributed by atoms with Crippen LogP contribution in [0.5, 0.6) is 0 Å². The smallest absolute Gasteiger partial charge is 0.194 e. The molecule has 6 nitrogen and oxygen atoms in total. The van der Waals surface area contributed by atoms with Crippen LogP contribution < -0.4 is 5.32 Å². The van der Waals surface area contributed by atoms with E-state index in [1.807, 2.05) is 0 Å². The fraction of sp³-hybridized carbons (Fsp3) is 0.720. The Kier molecular flexibility index (Phi) is 8.22. The molecule has 1 N–H and O–H groups in total. The predicted octanol–water partition coefficient (Wildman–Crippen LogP) is 3.05. The van der Waals surface area contributed by atoms with Crippen LogP contribution in [-0.4, -0.2) is 80.4 Å². The van der Waals surface area contributed by atoms with Crippen molar-refractivity contribution >= 4 is 5.96 Å². The number of morpholine rings is 1. The van der Waals surface area contributed by atoms with E-state index >= 15 is 0 Å². The van der Waals surface area contributed by atoms with Crippen molar-refractivity contribution in [2.45, 2.75) is 58.3 Å². The molecule has 0 aliphatic carbocycles. The number of ether oxygens (including phenoxy) is 2. The molecule has 6 heteroatoms. The van der Waals surface area contributed by atoms with E-state index < -0.39 is 0 Å². The van der Waals surface area contributed by atoms with Gasteiger partial charge in [0.05, 0.1) is 12.7 Å². The van der Waals surface area contributed by atoms with Crippen LogP contribution in [0.2, 0.25) is 0 Å². The molecule has 3 aliphatic heterocycles. The minimum Gasteiger partial charge on any atom is -0.375 e. The third-order valence-electron chi connectivity index (χ3n) is 6.84. The van der Waals surface area contributed by atoms with E-state index in [9.17, 15) is 0 Å². The maximum atomic E-state index is 6.03. The Bertz CT molecular complexity index is 694. The number of nitrogens with one attached hydrogen (secondary N) is 1. The number of rotatable bonds is 6. The van der Waals surface area contributed by atoms with Crippen molar-refractivity contribution in [2.75, 3.05) is 52.5 Å². The third-order valence-corrected chi connectivity index (χ3v) is 6.84. The van der Waals surface area contributed by atoms with Gasteiger partial charge in [-0.2, -0.15) is 0 Å². The fourth-order valence-electron chi connectivity index (χ4n) is 4.91. The molecule has 31 heavy (non-hydrogen) atoms. The van der Waals surface area contributed by atoms with Gasteiger partial charge in [0.25, 0.3) is 0 Å². The summed E-state index contributed by atoms with van der Waals surface area (Å²) >= 11 is 0. The van der Waals surface area contributed by atoms with Crippen LogP contribution in [0.4, 0.5) is 0 Å². The summed E-state index contributed by atoms with van der Waals surface area (Å²) in [5.74, 6) is 1.73. The van der Waals surface area contributed by atoms with Crippen molar-refractivity contribution in [1.82, 2.24) is 15.1 Å². The Morgan fingerprint density at radius 2 is 1.81 bits per heavy atom. The molecule has 172 valence electrons.